The summed E-state index contributed by atoms with van der Waals surface area (Å²) in [5.41, 5.74) is 10.4. The average molecular weight is 411 g/mol. The second-order valence-corrected chi connectivity index (χ2v) is 6.66. The zero-order valence-electron chi connectivity index (χ0n) is 12.3. The summed E-state index contributed by atoms with van der Waals surface area (Å²) in [5, 5.41) is 5.52. The number of hydrogen-bond donors (Lipinski definition) is 2. The van der Waals surface area contributed by atoms with E-state index < -0.39 is 0 Å². The minimum absolute atomic E-state index is 0.388. The molecule has 3 N–H and O–H groups in total. The zero-order valence-corrected chi connectivity index (χ0v) is 14.4. The molecule has 0 heterocycles. The Labute approximate surface area is 148 Å². The van der Waals surface area contributed by atoms with Crippen molar-refractivity contribution in [3.63, 3.8) is 0 Å². The smallest absolute Gasteiger partial charge is 0.198 e. The molecule has 0 aromatic heterocycles. The molecule has 0 fully saturated rings. The van der Waals surface area contributed by atoms with Gasteiger partial charge in [-0.15, -0.1) is 0 Å². The molecular formula is C19H14IN3. The van der Waals surface area contributed by atoms with E-state index in [9.17, 15) is 0 Å². The van der Waals surface area contributed by atoms with E-state index in [0.29, 0.717) is 5.96 Å². The number of nitrogens with two attached hydrogens (primary N) is 1. The van der Waals surface area contributed by atoms with Crippen LogP contribution in [0, 0.1) is 3.57 Å². The van der Waals surface area contributed by atoms with E-state index in [0.717, 1.165) is 20.3 Å². The number of nitrogens with one attached hydrogen (secondary N) is 1. The largest absolute Gasteiger partial charge is 0.369 e. The number of halogens is 1. The number of rotatable bonds is 2. The monoisotopic (exact) mass is 411 g/mol. The fraction of sp³-hybridized carbons (Fsp3) is 0. The number of benzene rings is 3. The maximum Gasteiger partial charge on any atom is 0.198 e. The van der Waals surface area contributed by atoms with Crippen molar-refractivity contribution in [1.82, 2.24) is 0 Å². The van der Waals surface area contributed by atoms with Gasteiger partial charge in [0.05, 0.1) is 5.69 Å². The molecule has 0 spiro atoms. The number of anilines is 1. The summed E-state index contributed by atoms with van der Waals surface area (Å²) < 4.78 is 1.15. The SMILES string of the molecule is NC(=Nc1ccc2c3c(cccc13)C=C2)Nc1cccc(I)c1. The summed E-state index contributed by atoms with van der Waals surface area (Å²) in [7, 11) is 0. The van der Waals surface area contributed by atoms with Gasteiger partial charge in [-0.25, -0.2) is 4.99 Å². The summed E-state index contributed by atoms with van der Waals surface area (Å²) in [6, 6.07) is 18.4. The Bertz CT molecular complexity index is 961. The lowest BCUT2D eigenvalue weighted by molar-refractivity contribution is 1.45. The molecule has 23 heavy (non-hydrogen) atoms. The maximum atomic E-state index is 6.09. The molecule has 3 aromatic rings. The fourth-order valence-corrected chi connectivity index (χ4v) is 3.42. The highest BCUT2D eigenvalue weighted by molar-refractivity contribution is 14.1. The minimum Gasteiger partial charge on any atom is -0.369 e. The van der Waals surface area contributed by atoms with Gasteiger partial charge in [0.25, 0.3) is 0 Å². The van der Waals surface area contributed by atoms with E-state index in [1.54, 1.807) is 0 Å². The van der Waals surface area contributed by atoms with Gasteiger partial charge in [0.15, 0.2) is 5.96 Å². The van der Waals surface area contributed by atoms with Crippen LogP contribution in [0.4, 0.5) is 11.4 Å². The molecule has 0 aliphatic heterocycles. The molecule has 1 aliphatic rings. The van der Waals surface area contributed by atoms with Gasteiger partial charge in [0.2, 0.25) is 0 Å². The summed E-state index contributed by atoms with van der Waals surface area (Å²) in [6.45, 7) is 0. The van der Waals surface area contributed by atoms with Crippen LogP contribution < -0.4 is 11.1 Å². The summed E-state index contributed by atoms with van der Waals surface area (Å²) in [6.07, 6.45) is 4.28. The van der Waals surface area contributed by atoms with Gasteiger partial charge in [-0.1, -0.05) is 42.5 Å². The lowest BCUT2D eigenvalue weighted by atomic mass is 10.0. The molecule has 3 aromatic carbocycles. The summed E-state index contributed by atoms with van der Waals surface area (Å²) in [4.78, 5) is 4.58. The standard InChI is InChI=1S/C19H14IN3/c20-14-4-2-5-15(11-14)22-19(21)23-17-10-9-13-8-7-12-3-1-6-16(17)18(12)13/h1-11H,(H3,21,22,23). The minimum atomic E-state index is 0.388. The van der Waals surface area contributed by atoms with Gasteiger partial charge in [-0.3, -0.25) is 0 Å². The molecule has 112 valence electrons. The molecule has 0 radical (unpaired) electrons. The van der Waals surface area contributed by atoms with Crippen molar-refractivity contribution in [2.24, 2.45) is 10.7 Å². The average Bonchev–Trinajstić information content (AvgIpc) is 2.95. The molecule has 0 amide bonds. The first kappa shape index (κ1) is 14.3. The van der Waals surface area contributed by atoms with Crippen molar-refractivity contribution in [3.05, 3.63) is 69.3 Å². The Morgan fingerprint density at radius 1 is 0.957 bits per heavy atom. The predicted molar refractivity (Wildman–Crippen MR) is 107 cm³/mol. The molecule has 0 atom stereocenters. The van der Waals surface area contributed by atoms with Gasteiger partial charge < -0.3 is 11.1 Å². The molecule has 0 unspecified atom stereocenters. The number of guanidine groups is 1. The van der Waals surface area contributed by atoms with Crippen LogP contribution in [0.3, 0.4) is 0 Å². The van der Waals surface area contributed by atoms with E-state index in [4.69, 9.17) is 5.73 Å². The second-order valence-electron chi connectivity index (χ2n) is 5.41. The van der Waals surface area contributed by atoms with E-state index in [1.807, 2.05) is 30.3 Å². The molecule has 4 rings (SSSR count). The van der Waals surface area contributed by atoms with Crippen molar-refractivity contribution in [3.8, 4) is 0 Å². The molecular weight excluding hydrogens is 397 g/mol. The Hall–Kier alpha value is -2.34. The van der Waals surface area contributed by atoms with Crippen molar-refractivity contribution in [2.75, 3.05) is 5.32 Å². The normalized spacial score (nSPS) is 12.8. The van der Waals surface area contributed by atoms with Crippen molar-refractivity contribution in [2.45, 2.75) is 0 Å². The number of aliphatic imine (C=N–C) groups is 1. The third-order valence-electron chi connectivity index (χ3n) is 3.86. The van der Waals surface area contributed by atoms with Crippen LogP contribution in [0.15, 0.2) is 59.6 Å². The third-order valence-corrected chi connectivity index (χ3v) is 4.53. The first-order chi connectivity index (χ1) is 11.2. The fourth-order valence-electron chi connectivity index (χ4n) is 2.87. The van der Waals surface area contributed by atoms with E-state index >= 15 is 0 Å². The Kier molecular flexibility index (Phi) is 3.53. The quantitative estimate of drug-likeness (QED) is 0.278. The van der Waals surface area contributed by atoms with Gasteiger partial charge >= 0.3 is 0 Å². The lowest BCUT2D eigenvalue weighted by Gasteiger charge is -2.08. The lowest BCUT2D eigenvalue weighted by Crippen LogP contribution is -2.21. The van der Waals surface area contributed by atoms with Gasteiger partial charge in [0.1, 0.15) is 0 Å². The van der Waals surface area contributed by atoms with Gasteiger partial charge in [-0.05, 0) is 63.4 Å². The van der Waals surface area contributed by atoms with Crippen LogP contribution in [-0.2, 0) is 0 Å². The highest BCUT2D eigenvalue weighted by atomic mass is 127. The Balaban J connectivity index is 1.73. The molecule has 3 nitrogen and oxygen atoms in total. The molecule has 0 bridgehead atoms. The Morgan fingerprint density at radius 3 is 2.57 bits per heavy atom. The van der Waals surface area contributed by atoms with Crippen molar-refractivity contribution >= 4 is 62.8 Å². The summed E-state index contributed by atoms with van der Waals surface area (Å²) in [5.74, 6) is 0.388. The molecule has 0 saturated heterocycles. The first-order valence-electron chi connectivity index (χ1n) is 7.31. The molecule has 0 saturated carbocycles. The second kappa shape index (κ2) is 5.70. The molecule has 4 heteroatoms. The highest BCUT2D eigenvalue weighted by Crippen LogP contribution is 2.36. The molecule has 1 aliphatic carbocycles. The Morgan fingerprint density at radius 2 is 1.74 bits per heavy atom. The van der Waals surface area contributed by atoms with Crippen LogP contribution in [-0.4, -0.2) is 5.96 Å². The van der Waals surface area contributed by atoms with Crippen molar-refractivity contribution in [1.29, 1.82) is 0 Å². The van der Waals surface area contributed by atoms with E-state index in [1.165, 1.54) is 16.5 Å². The van der Waals surface area contributed by atoms with E-state index in [-0.39, 0.29) is 0 Å². The highest BCUT2D eigenvalue weighted by Gasteiger charge is 2.11. The van der Waals surface area contributed by atoms with Crippen LogP contribution >= 0.6 is 22.6 Å². The maximum absolute atomic E-state index is 6.09. The van der Waals surface area contributed by atoms with Crippen LogP contribution in [0.2, 0.25) is 0 Å². The van der Waals surface area contributed by atoms with Gasteiger partial charge in [0, 0.05) is 14.6 Å². The number of nitrogens with zero attached hydrogens (tertiary/aromatic N) is 1. The van der Waals surface area contributed by atoms with Crippen LogP contribution in [0.5, 0.6) is 0 Å². The summed E-state index contributed by atoms with van der Waals surface area (Å²) >= 11 is 2.27. The van der Waals surface area contributed by atoms with Crippen molar-refractivity contribution < 1.29 is 0 Å². The third kappa shape index (κ3) is 2.70. The number of hydrogen-bond acceptors (Lipinski definition) is 1. The topological polar surface area (TPSA) is 50.4 Å². The van der Waals surface area contributed by atoms with Gasteiger partial charge in [-0.2, -0.15) is 0 Å². The van der Waals surface area contributed by atoms with E-state index in [2.05, 4.69) is 69.3 Å². The zero-order chi connectivity index (χ0) is 15.8. The predicted octanol–water partition coefficient (Wildman–Crippen LogP) is 4.99. The van der Waals surface area contributed by atoms with Crippen LogP contribution in [0.25, 0.3) is 22.9 Å². The van der Waals surface area contributed by atoms with Crippen LogP contribution in [0.1, 0.15) is 11.1 Å². The first-order valence-corrected chi connectivity index (χ1v) is 8.39.